The Bertz CT molecular complexity index is 419. The van der Waals surface area contributed by atoms with Crippen LogP contribution in [0.2, 0.25) is 0 Å². The molecule has 1 unspecified atom stereocenters. The molecule has 0 bridgehead atoms. The van der Waals surface area contributed by atoms with Gasteiger partial charge in [-0.05, 0) is 18.9 Å². The van der Waals surface area contributed by atoms with Gasteiger partial charge in [-0.1, -0.05) is 30.3 Å². The van der Waals surface area contributed by atoms with Gasteiger partial charge in [0.05, 0.1) is 0 Å². The molecule has 82 valence electrons. The second-order valence-electron chi connectivity index (χ2n) is 3.92. The van der Waals surface area contributed by atoms with Crippen LogP contribution >= 0.6 is 0 Å². The van der Waals surface area contributed by atoms with Crippen molar-refractivity contribution in [2.24, 2.45) is 0 Å². The molecular formula is C13H13NO2. The van der Waals surface area contributed by atoms with Crippen molar-refractivity contribution in [3.8, 4) is 0 Å². The second kappa shape index (κ2) is 4.31. The topological polar surface area (TPSA) is 37.4 Å². The largest absolute Gasteiger partial charge is 0.272 e. The fourth-order valence-corrected chi connectivity index (χ4v) is 1.89. The summed E-state index contributed by atoms with van der Waals surface area (Å²) in [7, 11) is 0. The summed E-state index contributed by atoms with van der Waals surface area (Å²) >= 11 is 0. The van der Waals surface area contributed by atoms with Crippen molar-refractivity contribution in [3.05, 3.63) is 48.0 Å². The van der Waals surface area contributed by atoms with Crippen molar-refractivity contribution in [3.63, 3.8) is 0 Å². The maximum absolute atomic E-state index is 11.4. The molecule has 2 amide bonds. The van der Waals surface area contributed by atoms with E-state index in [1.54, 1.807) is 0 Å². The number of imide groups is 1. The zero-order chi connectivity index (χ0) is 11.5. The van der Waals surface area contributed by atoms with Crippen LogP contribution in [0.5, 0.6) is 0 Å². The van der Waals surface area contributed by atoms with Crippen LogP contribution in [0.25, 0.3) is 0 Å². The molecule has 0 saturated heterocycles. The Hall–Kier alpha value is -1.90. The molecule has 0 N–H and O–H groups in total. The Morgan fingerprint density at radius 1 is 1.06 bits per heavy atom. The van der Waals surface area contributed by atoms with Gasteiger partial charge in [0.25, 0.3) is 11.8 Å². The predicted molar refractivity (Wildman–Crippen MR) is 60.6 cm³/mol. The lowest BCUT2D eigenvalue weighted by atomic mass is 10.1. The van der Waals surface area contributed by atoms with Crippen LogP contribution in [0.3, 0.4) is 0 Å². The number of benzene rings is 1. The van der Waals surface area contributed by atoms with Crippen molar-refractivity contribution in [2.75, 3.05) is 0 Å². The summed E-state index contributed by atoms with van der Waals surface area (Å²) in [5.74, 6) is -0.429. The third kappa shape index (κ3) is 2.03. The lowest BCUT2D eigenvalue weighted by molar-refractivity contribution is -0.139. The molecule has 3 nitrogen and oxygen atoms in total. The van der Waals surface area contributed by atoms with Crippen molar-refractivity contribution in [2.45, 2.75) is 19.4 Å². The van der Waals surface area contributed by atoms with E-state index in [1.807, 2.05) is 37.3 Å². The summed E-state index contributed by atoms with van der Waals surface area (Å²) in [5, 5.41) is 0. The number of amides is 2. The molecule has 1 aliphatic heterocycles. The minimum absolute atomic E-state index is 0.0996. The molecule has 1 aliphatic rings. The highest BCUT2D eigenvalue weighted by atomic mass is 16.2. The van der Waals surface area contributed by atoms with Gasteiger partial charge in [-0.25, -0.2) is 0 Å². The molecule has 16 heavy (non-hydrogen) atoms. The van der Waals surface area contributed by atoms with E-state index < -0.39 is 0 Å². The van der Waals surface area contributed by atoms with E-state index in [4.69, 9.17) is 0 Å². The van der Waals surface area contributed by atoms with Gasteiger partial charge in [0.2, 0.25) is 0 Å². The first kappa shape index (κ1) is 10.6. The standard InChI is InChI=1S/C13H13NO2/c1-10(9-11-5-3-2-4-6-11)14-12(15)7-8-13(14)16/h2-8,10H,9H2,1H3. The Balaban J connectivity index is 2.07. The summed E-state index contributed by atoms with van der Waals surface area (Å²) in [5.41, 5.74) is 1.13. The highest BCUT2D eigenvalue weighted by Gasteiger charge is 2.28. The summed E-state index contributed by atoms with van der Waals surface area (Å²) in [6.07, 6.45) is 3.34. The van der Waals surface area contributed by atoms with Gasteiger partial charge in [0, 0.05) is 18.2 Å². The minimum atomic E-state index is -0.214. The molecule has 0 radical (unpaired) electrons. The van der Waals surface area contributed by atoms with Crippen LogP contribution in [0, 0.1) is 0 Å². The molecular weight excluding hydrogens is 202 g/mol. The quantitative estimate of drug-likeness (QED) is 0.717. The monoisotopic (exact) mass is 215 g/mol. The van der Waals surface area contributed by atoms with Gasteiger partial charge in [-0.3, -0.25) is 14.5 Å². The number of rotatable bonds is 3. The SMILES string of the molecule is CC(Cc1ccccc1)N1C(=O)C=CC1=O. The van der Waals surface area contributed by atoms with Crippen LogP contribution in [0.4, 0.5) is 0 Å². The van der Waals surface area contributed by atoms with Crippen LogP contribution in [0.15, 0.2) is 42.5 Å². The fraction of sp³-hybridized carbons (Fsp3) is 0.231. The highest BCUT2D eigenvalue weighted by Crippen LogP contribution is 2.13. The van der Waals surface area contributed by atoms with Crippen LogP contribution < -0.4 is 0 Å². The molecule has 1 aromatic rings. The van der Waals surface area contributed by atoms with E-state index in [1.165, 1.54) is 17.1 Å². The summed E-state index contributed by atoms with van der Waals surface area (Å²) in [4.78, 5) is 24.2. The smallest absolute Gasteiger partial charge is 0.253 e. The molecule has 0 aliphatic carbocycles. The van der Waals surface area contributed by atoms with Gasteiger partial charge < -0.3 is 0 Å². The zero-order valence-corrected chi connectivity index (χ0v) is 9.09. The molecule has 0 fully saturated rings. The minimum Gasteiger partial charge on any atom is -0.272 e. The third-order valence-corrected chi connectivity index (χ3v) is 2.66. The van der Waals surface area contributed by atoms with E-state index >= 15 is 0 Å². The van der Waals surface area contributed by atoms with E-state index in [2.05, 4.69) is 0 Å². The first-order chi connectivity index (χ1) is 7.68. The van der Waals surface area contributed by atoms with E-state index in [-0.39, 0.29) is 17.9 Å². The molecule has 1 heterocycles. The predicted octanol–water partition coefficient (Wildman–Crippen LogP) is 1.54. The molecule has 1 atom stereocenters. The number of carbonyl (C=O) groups is 2. The second-order valence-corrected chi connectivity index (χ2v) is 3.92. The highest BCUT2D eigenvalue weighted by molar-refractivity contribution is 6.13. The number of hydrogen-bond donors (Lipinski definition) is 0. The molecule has 0 aromatic heterocycles. The Kier molecular flexibility index (Phi) is 2.86. The van der Waals surface area contributed by atoms with E-state index in [0.29, 0.717) is 6.42 Å². The third-order valence-electron chi connectivity index (χ3n) is 2.66. The first-order valence-corrected chi connectivity index (χ1v) is 5.27. The molecule has 3 heteroatoms. The average molecular weight is 215 g/mol. The lowest BCUT2D eigenvalue weighted by Gasteiger charge is -2.22. The molecule has 0 saturated carbocycles. The number of hydrogen-bond acceptors (Lipinski definition) is 2. The van der Waals surface area contributed by atoms with E-state index in [9.17, 15) is 9.59 Å². The van der Waals surface area contributed by atoms with Gasteiger partial charge in [0.1, 0.15) is 0 Å². The van der Waals surface area contributed by atoms with Crippen LogP contribution in [-0.2, 0) is 16.0 Å². The van der Waals surface area contributed by atoms with Crippen molar-refractivity contribution >= 4 is 11.8 Å². The lowest BCUT2D eigenvalue weighted by Crippen LogP contribution is -2.39. The summed E-state index contributed by atoms with van der Waals surface area (Å²) < 4.78 is 0. The van der Waals surface area contributed by atoms with E-state index in [0.717, 1.165) is 5.56 Å². The maximum Gasteiger partial charge on any atom is 0.253 e. The zero-order valence-electron chi connectivity index (χ0n) is 9.09. The average Bonchev–Trinajstić information content (AvgIpc) is 2.60. The molecule has 1 aromatic carbocycles. The molecule has 2 rings (SSSR count). The Morgan fingerprint density at radius 2 is 1.62 bits per heavy atom. The van der Waals surface area contributed by atoms with Gasteiger partial charge in [0.15, 0.2) is 0 Å². The normalized spacial score (nSPS) is 16.9. The Morgan fingerprint density at radius 3 is 2.19 bits per heavy atom. The van der Waals surface area contributed by atoms with Crippen LogP contribution in [0.1, 0.15) is 12.5 Å². The van der Waals surface area contributed by atoms with Gasteiger partial charge in [-0.15, -0.1) is 0 Å². The van der Waals surface area contributed by atoms with Crippen molar-refractivity contribution in [1.29, 1.82) is 0 Å². The van der Waals surface area contributed by atoms with Gasteiger partial charge in [-0.2, -0.15) is 0 Å². The first-order valence-electron chi connectivity index (χ1n) is 5.27. The van der Waals surface area contributed by atoms with Gasteiger partial charge >= 0.3 is 0 Å². The summed E-state index contributed by atoms with van der Waals surface area (Å²) in [6, 6.07) is 9.74. The maximum atomic E-state index is 11.4. The summed E-state index contributed by atoms with van der Waals surface area (Å²) in [6.45, 7) is 1.88. The fourth-order valence-electron chi connectivity index (χ4n) is 1.89. The molecule has 0 spiro atoms. The Labute approximate surface area is 94.4 Å². The van der Waals surface area contributed by atoms with Crippen molar-refractivity contribution in [1.82, 2.24) is 4.90 Å². The van der Waals surface area contributed by atoms with Crippen molar-refractivity contribution < 1.29 is 9.59 Å². The van der Waals surface area contributed by atoms with Crippen LogP contribution in [-0.4, -0.2) is 22.8 Å². The number of nitrogens with zero attached hydrogens (tertiary/aromatic N) is 1. The number of carbonyl (C=O) groups excluding carboxylic acids is 2.